The van der Waals surface area contributed by atoms with E-state index in [1.807, 2.05) is 12.2 Å². The summed E-state index contributed by atoms with van der Waals surface area (Å²) in [7, 11) is 0. The fourth-order valence-corrected chi connectivity index (χ4v) is 3.03. The summed E-state index contributed by atoms with van der Waals surface area (Å²) >= 11 is 0. The van der Waals surface area contributed by atoms with E-state index in [4.69, 9.17) is 4.74 Å². The Bertz CT molecular complexity index is 233. The van der Waals surface area contributed by atoms with Crippen molar-refractivity contribution in [3.05, 3.63) is 25.3 Å². The molecule has 0 aromatic carbocycles. The van der Waals surface area contributed by atoms with Gasteiger partial charge < -0.3 is 4.74 Å². The monoisotopic (exact) mass is 294 g/mol. The molecule has 4 atom stereocenters. The second-order valence-electron chi connectivity index (χ2n) is 6.16. The molecule has 0 bridgehead atoms. The van der Waals surface area contributed by atoms with Crippen LogP contribution in [0.15, 0.2) is 25.3 Å². The zero-order valence-corrected chi connectivity index (χ0v) is 14.9. The van der Waals surface area contributed by atoms with Crippen LogP contribution in [0.25, 0.3) is 0 Å². The minimum atomic E-state index is 0.167. The van der Waals surface area contributed by atoms with Gasteiger partial charge in [-0.25, -0.2) is 0 Å². The normalized spacial score (nSPS) is 17.0. The van der Waals surface area contributed by atoms with E-state index in [9.17, 15) is 0 Å². The van der Waals surface area contributed by atoms with Gasteiger partial charge in [0.2, 0.25) is 0 Å². The lowest BCUT2D eigenvalue weighted by Crippen LogP contribution is -2.31. The first-order chi connectivity index (χ1) is 10.2. The predicted molar refractivity (Wildman–Crippen MR) is 95.7 cm³/mol. The molecule has 0 heterocycles. The maximum Gasteiger partial charge on any atom is 0.0789 e. The topological polar surface area (TPSA) is 9.23 Å². The Morgan fingerprint density at radius 2 is 1.14 bits per heavy atom. The summed E-state index contributed by atoms with van der Waals surface area (Å²) in [6, 6.07) is 0. The Morgan fingerprint density at radius 1 is 0.762 bits per heavy atom. The van der Waals surface area contributed by atoms with E-state index in [1.54, 1.807) is 0 Å². The molecule has 124 valence electrons. The van der Waals surface area contributed by atoms with Gasteiger partial charge in [-0.3, -0.25) is 0 Å². The van der Waals surface area contributed by atoms with Crippen LogP contribution in [0, 0.1) is 11.8 Å². The van der Waals surface area contributed by atoms with Crippen LogP contribution in [-0.2, 0) is 4.74 Å². The van der Waals surface area contributed by atoms with Crippen LogP contribution < -0.4 is 0 Å². The predicted octanol–water partition coefficient (Wildman–Crippen LogP) is 6.55. The first-order valence-corrected chi connectivity index (χ1v) is 9.08. The fourth-order valence-electron chi connectivity index (χ4n) is 3.03. The number of ether oxygens (including phenoxy) is 1. The van der Waals surface area contributed by atoms with Gasteiger partial charge in [-0.2, -0.15) is 0 Å². The zero-order chi connectivity index (χ0) is 16.1. The molecule has 0 amide bonds. The minimum absolute atomic E-state index is 0.167. The minimum Gasteiger partial charge on any atom is -0.366 e. The zero-order valence-electron chi connectivity index (χ0n) is 14.9. The third kappa shape index (κ3) is 7.85. The van der Waals surface area contributed by atoms with Crippen molar-refractivity contribution in [3.8, 4) is 0 Å². The van der Waals surface area contributed by atoms with Crippen LogP contribution in [0.5, 0.6) is 0 Å². The Labute approximate surface area is 133 Å². The molecule has 0 saturated heterocycles. The Hall–Kier alpha value is -0.560. The van der Waals surface area contributed by atoms with Crippen LogP contribution in [0.2, 0.25) is 0 Å². The van der Waals surface area contributed by atoms with Crippen LogP contribution in [0.3, 0.4) is 0 Å². The van der Waals surface area contributed by atoms with E-state index in [2.05, 4.69) is 40.9 Å². The standard InChI is InChI=1S/C20H38O/c1-7-13-15-17(9-3)19(11-5)21-20(12-6)18(10-4)16-14-8-2/h11-12,17-20H,5-10,13-16H2,1-4H3. The van der Waals surface area contributed by atoms with Crippen molar-refractivity contribution < 1.29 is 4.74 Å². The first kappa shape index (κ1) is 20.4. The summed E-state index contributed by atoms with van der Waals surface area (Å²) in [5.74, 6) is 1.18. The molecular formula is C20H38O. The summed E-state index contributed by atoms with van der Waals surface area (Å²) in [6.45, 7) is 17.1. The van der Waals surface area contributed by atoms with E-state index >= 15 is 0 Å². The lowest BCUT2D eigenvalue weighted by molar-refractivity contribution is -0.0261. The second kappa shape index (κ2) is 13.1. The van der Waals surface area contributed by atoms with E-state index in [1.165, 1.54) is 38.5 Å². The van der Waals surface area contributed by atoms with Crippen molar-refractivity contribution in [2.75, 3.05) is 0 Å². The van der Waals surface area contributed by atoms with Gasteiger partial charge in [0.05, 0.1) is 12.2 Å². The van der Waals surface area contributed by atoms with Gasteiger partial charge >= 0.3 is 0 Å². The van der Waals surface area contributed by atoms with Crippen molar-refractivity contribution in [2.45, 2.75) is 91.3 Å². The van der Waals surface area contributed by atoms with Gasteiger partial charge in [0.15, 0.2) is 0 Å². The lowest BCUT2D eigenvalue weighted by Gasteiger charge is -2.31. The highest BCUT2D eigenvalue weighted by Gasteiger charge is 2.24. The Kier molecular flexibility index (Phi) is 12.8. The molecule has 4 unspecified atom stereocenters. The van der Waals surface area contributed by atoms with Gasteiger partial charge in [-0.15, -0.1) is 13.2 Å². The first-order valence-electron chi connectivity index (χ1n) is 9.08. The van der Waals surface area contributed by atoms with Crippen molar-refractivity contribution in [3.63, 3.8) is 0 Å². The van der Waals surface area contributed by atoms with E-state index in [0.29, 0.717) is 11.8 Å². The van der Waals surface area contributed by atoms with Gasteiger partial charge in [0, 0.05) is 0 Å². The summed E-state index contributed by atoms with van der Waals surface area (Å²) in [4.78, 5) is 0. The van der Waals surface area contributed by atoms with Crippen molar-refractivity contribution in [1.29, 1.82) is 0 Å². The molecule has 21 heavy (non-hydrogen) atoms. The second-order valence-corrected chi connectivity index (χ2v) is 6.16. The summed E-state index contributed by atoms with van der Waals surface area (Å²) in [5.41, 5.74) is 0. The van der Waals surface area contributed by atoms with E-state index < -0.39 is 0 Å². The molecule has 0 fully saturated rings. The van der Waals surface area contributed by atoms with Crippen molar-refractivity contribution in [1.82, 2.24) is 0 Å². The molecule has 1 heteroatoms. The van der Waals surface area contributed by atoms with E-state index in [0.717, 1.165) is 12.8 Å². The molecule has 0 aliphatic rings. The lowest BCUT2D eigenvalue weighted by atomic mass is 9.90. The van der Waals surface area contributed by atoms with Gasteiger partial charge in [0.25, 0.3) is 0 Å². The Balaban J connectivity index is 4.70. The van der Waals surface area contributed by atoms with Crippen molar-refractivity contribution in [2.24, 2.45) is 11.8 Å². The molecule has 0 saturated carbocycles. The average molecular weight is 295 g/mol. The highest BCUT2D eigenvalue weighted by molar-refractivity contribution is 4.92. The van der Waals surface area contributed by atoms with Crippen LogP contribution >= 0.6 is 0 Å². The van der Waals surface area contributed by atoms with Crippen LogP contribution in [-0.4, -0.2) is 12.2 Å². The molecule has 0 aliphatic heterocycles. The molecular weight excluding hydrogens is 256 g/mol. The fraction of sp³-hybridized carbons (Fsp3) is 0.800. The molecule has 0 aromatic heterocycles. The van der Waals surface area contributed by atoms with Crippen molar-refractivity contribution >= 4 is 0 Å². The largest absolute Gasteiger partial charge is 0.366 e. The Morgan fingerprint density at radius 3 is 1.38 bits per heavy atom. The molecule has 0 rings (SSSR count). The molecule has 0 spiro atoms. The summed E-state index contributed by atoms with van der Waals surface area (Å²) in [6.07, 6.45) is 14.2. The number of hydrogen-bond acceptors (Lipinski definition) is 1. The number of unbranched alkanes of at least 4 members (excludes halogenated alkanes) is 2. The molecule has 0 radical (unpaired) electrons. The SMILES string of the molecule is C=CC(OC(C=C)C(CC)CCCC)C(CC)CCCC. The summed E-state index contributed by atoms with van der Waals surface area (Å²) in [5, 5.41) is 0. The highest BCUT2D eigenvalue weighted by Crippen LogP contribution is 2.27. The highest BCUT2D eigenvalue weighted by atomic mass is 16.5. The maximum atomic E-state index is 6.41. The number of hydrogen-bond donors (Lipinski definition) is 0. The number of rotatable bonds is 14. The molecule has 0 aromatic rings. The van der Waals surface area contributed by atoms with Gasteiger partial charge in [-0.1, -0.05) is 78.4 Å². The summed E-state index contributed by atoms with van der Waals surface area (Å²) < 4.78 is 6.41. The van der Waals surface area contributed by atoms with Gasteiger partial charge in [0.1, 0.15) is 0 Å². The third-order valence-electron chi connectivity index (χ3n) is 4.61. The van der Waals surface area contributed by atoms with E-state index in [-0.39, 0.29) is 12.2 Å². The van der Waals surface area contributed by atoms with Crippen LogP contribution in [0.1, 0.15) is 79.1 Å². The van der Waals surface area contributed by atoms with Crippen LogP contribution in [0.4, 0.5) is 0 Å². The molecule has 0 N–H and O–H groups in total. The molecule has 0 aliphatic carbocycles. The van der Waals surface area contributed by atoms with Gasteiger partial charge in [-0.05, 0) is 24.7 Å². The maximum absolute atomic E-state index is 6.41. The molecule has 1 nitrogen and oxygen atoms in total. The third-order valence-corrected chi connectivity index (χ3v) is 4.61. The smallest absolute Gasteiger partial charge is 0.0789 e. The average Bonchev–Trinajstić information content (AvgIpc) is 2.52. The quantitative estimate of drug-likeness (QED) is 0.330.